The number of nitrogens with one attached hydrogen (secondary N) is 5. The number of aliphatic hydroxyl groups excluding tert-OH is 2. The number of benzene rings is 1. The molecule has 10 bridgehead atoms. The van der Waals surface area contributed by atoms with Crippen LogP contribution in [0.25, 0.3) is 43.4 Å². The lowest BCUT2D eigenvalue weighted by atomic mass is 9.81. The molecule has 89 heavy (non-hydrogen) atoms. The van der Waals surface area contributed by atoms with Gasteiger partial charge >= 0.3 is 5.97 Å². The highest BCUT2D eigenvalue weighted by molar-refractivity contribution is 7.15. The number of aliphatic carboxylic acids is 1. The molecule has 10 rings (SSSR count). The maximum absolute atomic E-state index is 14.4. The van der Waals surface area contributed by atoms with E-state index in [0.29, 0.717) is 113 Å². The van der Waals surface area contributed by atoms with Crippen LogP contribution in [0.1, 0.15) is 145 Å². The fourth-order valence-corrected chi connectivity index (χ4v) is 15.8. The lowest BCUT2D eigenvalue weighted by molar-refractivity contribution is -0.144. The maximum atomic E-state index is 14.4. The number of aryl methyl sites for hydroxylation is 1. The highest BCUT2D eigenvalue weighted by Crippen LogP contribution is 2.41. The fourth-order valence-electron chi connectivity index (χ4n) is 10.2. The Morgan fingerprint density at radius 2 is 1.39 bits per heavy atom. The summed E-state index contributed by atoms with van der Waals surface area (Å²) in [6, 6.07) is 9.47. The predicted molar refractivity (Wildman–Crippen MR) is 339 cm³/mol. The van der Waals surface area contributed by atoms with Crippen molar-refractivity contribution in [2.24, 2.45) is 17.8 Å². The van der Waals surface area contributed by atoms with Gasteiger partial charge in [-0.15, -0.1) is 68.0 Å². The number of unbranched alkanes of at least 4 members (excludes halogenated alkanes) is 1. The number of carbonyl (C=O) groups excluding carboxylic acids is 6. The summed E-state index contributed by atoms with van der Waals surface area (Å²) < 4.78 is 5.46. The van der Waals surface area contributed by atoms with Gasteiger partial charge in [-0.05, 0) is 69.1 Å². The number of pyridine rings is 1. The maximum Gasteiger partial charge on any atom is 0.306 e. The van der Waals surface area contributed by atoms with Crippen LogP contribution < -0.4 is 31.5 Å². The van der Waals surface area contributed by atoms with Gasteiger partial charge in [-0.25, -0.2) is 34.9 Å². The Morgan fingerprint density at radius 1 is 0.697 bits per heavy atom. The number of methoxy groups -OCH3 is 1. The Morgan fingerprint density at radius 3 is 2.12 bits per heavy atom. The lowest BCUT2D eigenvalue weighted by Crippen LogP contribution is -2.40. The van der Waals surface area contributed by atoms with E-state index < -0.39 is 78.1 Å². The Bertz CT molecular complexity index is 3890. The fraction of sp³-hybridized carbons (Fsp3) is 0.390. The van der Waals surface area contributed by atoms with E-state index in [1.807, 2.05) is 13.8 Å². The normalized spacial score (nSPS) is 18.7. The molecule has 24 nitrogen and oxygen atoms in total. The number of aromatic nitrogens is 7. The molecule has 2 aliphatic rings. The van der Waals surface area contributed by atoms with Crippen molar-refractivity contribution in [1.82, 2.24) is 61.5 Å². The van der Waals surface area contributed by atoms with Gasteiger partial charge in [-0.2, -0.15) is 0 Å². The van der Waals surface area contributed by atoms with Gasteiger partial charge in [0.05, 0.1) is 48.1 Å². The van der Waals surface area contributed by atoms with Gasteiger partial charge in [0.1, 0.15) is 82.2 Å². The summed E-state index contributed by atoms with van der Waals surface area (Å²) in [6.07, 6.45) is 1.07. The summed E-state index contributed by atoms with van der Waals surface area (Å²) in [6.45, 7) is 5.17. The summed E-state index contributed by atoms with van der Waals surface area (Å²) in [7, 11) is 2.94. The lowest BCUT2D eigenvalue weighted by Gasteiger charge is -2.30. The topological polar surface area (TPSA) is 343 Å². The van der Waals surface area contributed by atoms with Gasteiger partial charge in [0, 0.05) is 65.2 Å². The van der Waals surface area contributed by atoms with Crippen molar-refractivity contribution >= 4 is 115 Å². The van der Waals surface area contributed by atoms with Crippen molar-refractivity contribution < 1.29 is 53.6 Å². The number of ether oxygens (including phenoxy) is 1. The minimum Gasteiger partial charge on any atom is -0.481 e. The molecule has 0 radical (unpaired) electrons. The molecule has 8 aromatic rings. The van der Waals surface area contributed by atoms with Gasteiger partial charge < -0.3 is 46.6 Å². The van der Waals surface area contributed by atoms with E-state index in [1.54, 1.807) is 75.8 Å². The molecular weight excluding hydrogens is 1260 g/mol. The highest BCUT2D eigenvalue weighted by atomic mass is 32.1. The summed E-state index contributed by atoms with van der Waals surface area (Å²) in [5.41, 5.74) is 2.63. The quantitative estimate of drug-likeness (QED) is 0.0447. The number of carboxylic acid groups (broad SMARTS) is 1. The summed E-state index contributed by atoms with van der Waals surface area (Å²) in [4.78, 5) is 133. The molecule has 4 atom stereocenters. The minimum atomic E-state index is -1.29. The molecule has 6 amide bonds. The molecular formula is C59H63N13O11S6. The first kappa shape index (κ1) is 64.3. The van der Waals surface area contributed by atoms with Crippen LogP contribution in [0.15, 0.2) is 64.0 Å². The van der Waals surface area contributed by atoms with Gasteiger partial charge in [0.15, 0.2) is 0 Å². The molecule has 0 unspecified atom stereocenters. The van der Waals surface area contributed by atoms with Crippen molar-refractivity contribution in [2.45, 2.75) is 96.6 Å². The van der Waals surface area contributed by atoms with Crippen LogP contribution in [-0.2, 0) is 30.5 Å². The molecule has 1 saturated carbocycles. The first-order chi connectivity index (χ1) is 42.9. The van der Waals surface area contributed by atoms with Crippen LogP contribution in [0.2, 0.25) is 0 Å². The van der Waals surface area contributed by atoms with Gasteiger partial charge in [0.25, 0.3) is 17.7 Å². The van der Waals surface area contributed by atoms with Gasteiger partial charge in [-0.3, -0.25) is 38.5 Å². The second kappa shape index (κ2) is 28.9. The zero-order chi connectivity index (χ0) is 63.0. The minimum absolute atomic E-state index is 0.00449. The smallest absolute Gasteiger partial charge is 0.306 e. The zero-order valence-electron chi connectivity index (χ0n) is 48.8. The van der Waals surface area contributed by atoms with E-state index in [2.05, 4.69) is 26.6 Å². The van der Waals surface area contributed by atoms with Gasteiger partial charge in [0.2, 0.25) is 17.7 Å². The zero-order valence-corrected chi connectivity index (χ0v) is 53.7. The molecule has 1 fully saturated rings. The van der Waals surface area contributed by atoms with Crippen LogP contribution in [0.5, 0.6) is 0 Å². The predicted octanol–water partition coefficient (Wildman–Crippen LogP) is 8.31. The molecule has 30 heteroatoms. The number of anilines is 1. The number of hydrogen-bond acceptors (Lipinski definition) is 23. The molecule has 1 aromatic carbocycles. The molecule has 8 N–H and O–H groups in total. The average Bonchev–Trinajstić information content (AvgIpc) is 3.00. The molecule has 0 spiro atoms. The number of rotatable bonds is 15. The standard InChI is InChI=1S/C59H63N13O11S6/c1-28(2)43-57-71-46(39(89-57)23-83-5)50(78)61-22-42(75)68-47(48(76)30-11-7-6-8-12-30)56-66-38(26-86-56)54-64-36(24-85-54)45-33(52-65-37(25-84-52)49(77)63-35(21-41(74)60-4)55-70-44(29(3)88-55)51(79)69-43)17-18-34(62-45)53-67-40(27-87-53)72(19-9-10-20-73)58(80)31-13-15-32(16-14-31)59(81)82/h6-8,11-12,17-18,24-28,31-32,35,43,47-48,73,76H,9-10,13-16,19-23H2,1-5H3,(H,60,74)(H,61,78)(H,63,77)(H,68,75)(H,69,79)(H,81,82)/t31-,32-,35-,43-,47-,48-/m0/s1. The second-order valence-electron chi connectivity index (χ2n) is 21.5. The second-order valence-corrected chi connectivity index (χ2v) is 27.3. The third-order valence-corrected chi connectivity index (χ3v) is 20.7. The van der Waals surface area contributed by atoms with E-state index in [9.17, 15) is 48.9 Å². The van der Waals surface area contributed by atoms with Crippen molar-refractivity contribution in [3.05, 3.63) is 111 Å². The summed E-state index contributed by atoms with van der Waals surface area (Å²) in [5, 5.41) is 54.6. The Hall–Kier alpha value is -7.68. The molecule has 466 valence electrons. The third kappa shape index (κ3) is 14.8. The van der Waals surface area contributed by atoms with E-state index in [4.69, 9.17) is 39.6 Å². The monoisotopic (exact) mass is 1320 g/mol. The first-order valence-electron chi connectivity index (χ1n) is 28.5. The Labute approximate surface area is 534 Å². The Balaban J connectivity index is 1.04. The summed E-state index contributed by atoms with van der Waals surface area (Å²) >= 11 is 7.19. The molecule has 7 aromatic heterocycles. The van der Waals surface area contributed by atoms with Crippen LogP contribution >= 0.6 is 68.0 Å². The van der Waals surface area contributed by atoms with Crippen molar-refractivity contribution in [3.8, 4) is 43.4 Å². The van der Waals surface area contributed by atoms with Crippen molar-refractivity contribution in [2.75, 3.05) is 38.8 Å². The van der Waals surface area contributed by atoms with Crippen LogP contribution in [0.3, 0.4) is 0 Å². The number of carboxylic acids is 1. The summed E-state index contributed by atoms with van der Waals surface area (Å²) in [5.74, 6) is -4.71. The van der Waals surface area contributed by atoms with Crippen molar-refractivity contribution in [1.29, 1.82) is 0 Å². The largest absolute Gasteiger partial charge is 0.481 e. The average molecular weight is 1320 g/mol. The van der Waals surface area contributed by atoms with E-state index >= 15 is 0 Å². The Kier molecular flexibility index (Phi) is 20.9. The van der Waals surface area contributed by atoms with Gasteiger partial charge in [-0.1, -0.05) is 44.2 Å². The van der Waals surface area contributed by atoms with Crippen LogP contribution in [0, 0.1) is 24.7 Å². The number of hydrogen-bond donors (Lipinski definition) is 8. The molecule has 1 aliphatic heterocycles. The van der Waals surface area contributed by atoms with E-state index in [-0.39, 0.29) is 60.1 Å². The number of amides is 6. The number of aliphatic hydroxyl groups is 2. The molecule has 1 aliphatic carbocycles. The number of nitrogens with zero attached hydrogens (tertiary/aromatic N) is 8. The first-order valence-corrected chi connectivity index (χ1v) is 33.6. The van der Waals surface area contributed by atoms with E-state index in [0.717, 1.165) is 11.3 Å². The number of carbonyl (C=O) groups is 7. The molecule has 8 heterocycles. The van der Waals surface area contributed by atoms with Crippen LogP contribution in [0.4, 0.5) is 5.82 Å². The number of fused-ring (bicyclic) bond motifs is 14. The highest BCUT2D eigenvalue weighted by Gasteiger charge is 2.36. The van der Waals surface area contributed by atoms with Crippen molar-refractivity contribution in [3.63, 3.8) is 0 Å². The van der Waals surface area contributed by atoms with E-state index in [1.165, 1.54) is 70.8 Å². The molecule has 0 saturated heterocycles. The van der Waals surface area contributed by atoms with Crippen LogP contribution in [-0.4, -0.2) is 125 Å². The third-order valence-electron chi connectivity index (χ3n) is 15.0. The SMILES string of the molecule is CNC(=O)C[C@@H]1NC(=O)c2csc(n2)-c2ccc(-c3nc(N(CCCCO)C(=O)[C@H]4CC[C@H](C(=O)O)CC4)cs3)nc2-c2csc(n2)-c2csc(n2)[C@H]([C@@H](O)c2ccccc2)NC(=O)CNC(=O)c2nc(sc2COC)[C@H](C(C)C)NC(=O)c2nc1sc2C. The number of thiazole rings is 6.